The Bertz CT molecular complexity index is 393. The summed E-state index contributed by atoms with van der Waals surface area (Å²) in [6.07, 6.45) is 6.87. The van der Waals surface area contributed by atoms with E-state index >= 15 is 0 Å². The van der Waals surface area contributed by atoms with E-state index in [9.17, 15) is 0 Å². The van der Waals surface area contributed by atoms with Crippen LogP contribution in [0, 0.1) is 5.92 Å². The maximum atomic E-state index is 6.28. The Morgan fingerprint density at radius 1 is 1.14 bits per heavy atom. The Balaban J connectivity index is 1.71. The van der Waals surface area contributed by atoms with Gasteiger partial charge in [-0.1, -0.05) is 6.92 Å². The van der Waals surface area contributed by atoms with Gasteiger partial charge in [-0.05, 0) is 65.7 Å². The number of piperazine rings is 1. The van der Waals surface area contributed by atoms with Crippen molar-refractivity contribution in [2.24, 2.45) is 5.92 Å². The highest BCUT2D eigenvalue weighted by atomic mass is 16.5. The molecule has 0 amide bonds. The van der Waals surface area contributed by atoms with Gasteiger partial charge in [-0.3, -0.25) is 4.90 Å². The Morgan fingerprint density at radius 2 is 1.86 bits per heavy atom. The van der Waals surface area contributed by atoms with E-state index in [1.807, 2.05) is 0 Å². The predicted octanol–water partition coefficient (Wildman–Crippen LogP) is 3.19. The zero-order valence-electron chi connectivity index (χ0n) is 14.7. The third kappa shape index (κ3) is 3.16. The zero-order chi connectivity index (χ0) is 15.3. The van der Waals surface area contributed by atoms with Gasteiger partial charge in [-0.15, -0.1) is 0 Å². The van der Waals surface area contributed by atoms with E-state index in [2.05, 4.69) is 44.8 Å². The molecule has 3 atom stereocenters. The van der Waals surface area contributed by atoms with E-state index < -0.39 is 0 Å². The molecule has 0 bridgehead atoms. The van der Waals surface area contributed by atoms with Gasteiger partial charge in [0.15, 0.2) is 0 Å². The van der Waals surface area contributed by atoms with Crippen molar-refractivity contribution in [1.29, 1.82) is 0 Å². The summed E-state index contributed by atoms with van der Waals surface area (Å²) in [5.74, 6) is 0.890. The Kier molecular flexibility index (Phi) is 3.91. The van der Waals surface area contributed by atoms with E-state index in [0.29, 0.717) is 11.6 Å². The molecule has 2 heterocycles. The fraction of sp³-hybridized carbons (Fsp3) is 1.00. The summed E-state index contributed by atoms with van der Waals surface area (Å²) in [5.41, 5.74) is 0.691. The molecule has 2 saturated heterocycles. The molecule has 2 aliphatic heterocycles. The molecule has 1 aliphatic carbocycles. The summed E-state index contributed by atoms with van der Waals surface area (Å²) in [5, 5.41) is 3.85. The summed E-state index contributed by atoms with van der Waals surface area (Å²) >= 11 is 0. The lowest BCUT2D eigenvalue weighted by Gasteiger charge is -2.53. The second kappa shape index (κ2) is 5.21. The highest BCUT2D eigenvalue weighted by molar-refractivity contribution is 5.08. The second-order valence-corrected chi connectivity index (χ2v) is 8.82. The third-order valence-electron chi connectivity index (χ3n) is 6.35. The molecule has 122 valence electrons. The largest absolute Gasteiger partial charge is 0.371 e. The molecular weight excluding hydrogens is 260 g/mol. The van der Waals surface area contributed by atoms with E-state index in [0.717, 1.165) is 25.6 Å². The maximum Gasteiger partial charge on any atom is 0.0710 e. The lowest BCUT2D eigenvalue weighted by atomic mass is 9.84. The normalized spacial score (nSPS) is 44.1. The summed E-state index contributed by atoms with van der Waals surface area (Å²) in [7, 11) is 0. The van der Waals surface area contributed by atoms with Crippen molar-refractivity contribution in [3.63, 3.8) is 0 Å². The van der Waals surface area contributed by atoms with E-state index in [1.54, 1.807) is 0 Å². The van der Waals surface area contributed by atoms with Crippen molar-refractivity contribution in [3.8, 4) is 0 Å². The molecule has 3 aliphatic rings. The fourth-order valence-electron chi connectivity index (χ4n) is 4.23. The van der Waals surface area contributed by atoms with Gasteiger partial charge >= 0.3 is 0 Å². The fourth-order valence-corrected chi connectivity index (χ4v) is 4.23. The molecule has 21 heavy (non-hydrogen) atoms. The van der Waals surface area contributed by atoms with Crippen molar-refractivity contribution >= 4 is 0 Å². The van der Waals surface area contributed by atoms with Gasteiger partial charge in [0.2, 0.25) is 0 Å². The first kappa shape index (κ1) is 15.8. The maximum absolute atomic E-state index is 6.28. The lowest BCUT2D eigenvalue weighted by molar-refractivity contribution is -0.0654. The highest BCUT2D eigenvalue weighted by Crippen LogP contribution is 2.45. The summed E-state index contributed by atoms with van der Waals surface area (Å²) in [6.45, 7) is 15.1. The number of rotatable bonds is 4. The van der Waals surface area contributed by atoms with Crippen molar-refractivity contribution in [2.75, 3.05) is 19.6 Å². The number of nitrogens with zero attached hydrogens (tertiary/aromatic N) is 1. The average Bonchev–Trinajstić information content (AvgIpc) is 3.21. The highest BCUT2D eigenvalue weighted by Gasteiger charge is 2.51. The van der Waals surface area contributed by atoms with Gasteiger partial charge in [-0.2, -0.15) is 0 Å². The van der Waals surface area contributed by atoms with Gasteiger partial charge < -0.3 is 10.1 Å². The Hall–Kier alpha value is -0.120. The minimum atomic E-state index is 0.0861. The van der Waals surface area contributed by atoms with Crippen LogP contribution in [-0.2, 0) is 4.74 Å². The van der Waals surface area contributed by atoms with Gasteiger partial charge in [0.1, 0.15) is 0 Å². The van der Waals surface area contributed by atoms with Crippen LogP contribution in [0.3, 0.4) is 0 Å². The van der Waals surface area contributed by atoms with Crippen LogP contribution in [0.15, 0.2) is 0 Å². The molecule has 0 aromatic carbocycles. The van der Waals surface area contributed by atoms with E-state index in [1.165, 1.54) is 32.1 Å². The van der Waals surface area contributed by atoms with Gasteiger partial charge in [0, 0.05) is 30.7 Å². The molecule has 1 saturated carbocycles. The Morgan fingerprint density at radius 3 is 2.38 bits per heavy atom. The van der Waals surface area contributed by atoms with Crippen LogP contribution < -0.4 is 5.32 Å². The van der Waals surface area contributed by atoms with Crippen LogP contribution in [-0.4, -0.2) is 47.3 Å². The predicted molar refractivity (Wildman–Crippen MR) is 87.6 cm³/mol. The number of hydrogen-bond donors (Lipinski definition) is 1. The zero-order valence-corrected chi connectivity index (χ0v) is 14.7. The third-order valence-corrected chi connectivity index (χ3v) is 6.35. The Labute approximate surface area is 130 Å². The van der Waals surface area contributed by atoms with Crippen LogP contribution in [0.25, 0.3) is 0 Å². The molecule has 1 N–H and O–H groups in total. The quantitative estimate of drug-likeness (QED) is 0.862. The monoisotopic (exact) mass is 294 g/mol. The van der Waals surface area contributed by atoms with Crippen LogP contribution in [0.2, 0.25) is 0 Å². The van der Waals surface area contributed by atoms with Crippen molar-refractivity contribution in [2.45, 2.75) is 89.5 Å². The molecule has 3 nitrogen and oxygen atoms in total. The topological polar surface area (TPSA) is 24.5 Å². The number of hydrogen-bond acceptors (Lipinski definition) is 3. The molecule has 0 aromatic heterocycles. The lowest BCUT2D eigenvalue weighted by Crippen LogP contribution is -2.69. The van der Waals surface area contributed by atoms with E-state index in [4.69, 9.17) is 4.74 Å². The van der Waals surface area contributed by atoms with Crippen LogP contribution in [0.5, 0.6) is 0 Å². The summed E-state index contributed by atoms with van der Waals surface area (Å²) < 4.78 is 6.28. The minimum absolute atomic E-state index is 0.0861. The molecule has 0 radical (unpaired) electrons. The average molecular weight is 294 g/mol. The van der Waals surface area contributed by atoms with Crippen molar-refractivity contribution in [3.05, 3.63) is 0 Å². The first-order valence-corrected chi connectivity index (χ1v) is 8.94. The molecule has 3 fully saturated rings. The van der Waals surface area contributed by atoms with Crippen molar-refractivity contribution < 1.29 is 4.74 Å². The molecule has 3 unspecified atom stereocenters. The molecule has 3 rings (SSSR count). The van der Waals surface area contributed by atoms with Crippen molar-refractivity contribution in [1.82, 2.24) is 10.2 Å². The van der Waals surface area contributed by atoms with Gasteiger partial charge in [0.25, 0.3) is 0 Å². The molecule has 3 heteroatoms. The molecule has 0 spiro atoms. The van der Waals surface area contributed by atoms with E-state index in [-0.39, 0.29) is 11.1 Å². The SMILES string of the molecule is CCC1(C)CN(CC2CCC(C)(C)O2)C(C)(C2CC2)CN1. The first-order valence-electron chi connectivity index (χ1n) is 8.94. The first-order chi connectivity index (χ1) is 9.76. The molecular formula is C18H34N2O. The van der Waals surface area contributed by atoms with Gasteiger partial charge in [-0.25, -0.2) is 0 Å². The summed E-state index contributed by atoms with van der Waals surface area (Å²) in [6, 6.07) is 0. The smallest absolute Gasteiger partial charge is 0.0710 e. The van der Waals surface area contributed by atoms with Crippen LogP contribution in [0.4, 0.5) is 0 Å². The van der Waals surface area contributed by atoms with Gasteiger partial charge in [0.05, 0.1) is 11.7 Å². The minimum Gasteiger partial charge on any atom is -0.371 e. The number of nitrogens with one attached hydrogen (secondary N) is 1. The second-order valence-electron chi connectivity index (χ2n) is 8.82. The van der Waals surface area contributed by atoms with Crippen LogP contribution >= 0.6 is 0 Å². The summed E-state index contributed by atoms with van der Waals surface area (Å²) in [4.78, 5) is 2.77. The van der Waals surface area contributed by atoms with Crippen LogP contribution in [0.1, 0.15) is 66.7 Å². The molecule has 0 aromatic rings. The number of ether oxygens (including phenoxy) is 1. The standard InChI is InChI=1S/C18H34N2O/c1-6-17(4)13-20(11-15-9-10-16(2,3)21-15)18(5,12-19-17)14-7-8-14/h14-15,19H,6-13H2,1-5H3.